The van der Waals surface area contributed by atoms with E-state index in [1.165, 1.54) is 15.4 Å². The number of hydrogen-bond acceptors (Lipinski definition) is 5. The predicted octanol–water partition coefficient (Wildman–Crippen LogP) is 3.81. The van der Waals surface area contributed by atoms with E-state index in [1.54, 1.807) is 18.2 Å². The van der Waals surface area contributed by atoms with Gasteiger partial charge in [-0.05, 0) is 68.5 Å². The van der Waals surface area contributed by atoms with Gasteiger partial charge in [-0.3, -0.25) is 9.10 Å². The van der Waals surface area contributed by atoms with Crippen molar-refractivity contribution in [1.29, 1.82) is 0 Å². The zero-order valence-electron chi connectivity index (χ0n) is 19.4. The Bertz CT molecular complexity index is 1100. The van der Waals surface area contributed by atoms with Crippen LogP contribution in [-0.4, -0.2) is 40.3 Å². The third kappa shape index (κ3) is 5.73. The number of nitrogens with zero attached hydrogens (tertiary/aromatic N) is 1. The van der Waals surface area contributed by atoms with E-state index in [2.05, 4.69) is 31.3 Å². The van der Waals surface area contributed by atoms with Gasteiger partial charge in [-0.1, -0.05) is 12.1 Å². The van der Waals surface area contributed by atoms with Crippen LogP contribution in [0.1, 0.15) is 48.1 Å². The molecule has 1 unspecified atom stereocenters. The number of benzene rings is 2. The summed E-state index contributed by atoms with van der Waals surface area (Å²) in [6, 6.07) is 9.19. The largest absolute Gasteiger partial charge is 0.486 e. The maximum Gasteiger partial charge on any atom is 0.232 e. The van der Waals surface area contributed by atoms with Crippen molar-refractivity contribution in [1.82, 2.24) is 5.32 Å². The van der Waals surface area contributed by atoms with Crippen molar-refractivity contribution in [2.45, 2.75) is 46.6 Å². The fourth-order valence-corrected chi connectivity index (χ4v) is 4.85. The first-order valence-electron chi connectivity index (χ1n) is 10.8. The highest BCUT2D eigenvalue weighted by molar-refractivity contribution is 7.92. The molecule has 2 aromatic carbocycles. The molecule has 0 saturated carbocycles. The van der Waals surface area contributed by atoms with Gasteiger partial charge >= 0.3 is 0 Å². The van der Waals surface area contributed by atoms with Crippen LogP contribution in [0.2, 0.25) is 0 Å². The number of carbonyl (C=O) groups is 1. The molecule has 0 fully saturated rings. The van der Waals surface area contributed by atoms with Crippen LogP contribution in [0.3, 0.4) is 0 Å². The molecule has 1 N–H and O–H groups in total. The van der Waals surface area contributed by atoms with Crippen LogP contribution in [0, 0.1) is 20.8 Å². The smallest absolute Gasteiger partial charge is 0.232 e. The summed E-state index contributed by atoms with van der Waals surface area (Å²) < 4.78 is 37.2. The fourth-order valence-electron chi connectivity index (χ4n) is 3.90. The highest BCUT2D eigenvalue weighted by Crippen LogP contribution is 2.34. The van der Waals surface area contributed by atoms with Crippen molar-refractivity contribution in [3.63, 3.8) is 0 Å². The first kappa shape index (κ1) is 23.9. The summed E-state index contributed by atoms with van der Waals surface area (Å²) in [5.41, 5.74) is 5.15. The van der Waals surface area contributed by atoms with E-state index in [9.17, 15) is 13.2 Å². The average molecular weight is 461 g/mol. The van der Waals surface area contributed by atoms with Crippen LogP contribution < -0.4 is 19.1 Å². The quantitative estimate of drug-likeness (QED) is 0.648. The van der Waals surface area contributed by atoms with Crippen molar-refractivity contribution in [2.75, 3.05) is 30.3 Å². The van der Waals surface area contributed by atoms with Gasteiger partial charge in [-0.25, -0.2) is 8.42 Å². The normalized spacial score (nSPS) is 14.0. The molecular formula is C24H32N2O5S. The van der Waals surface area contributed by atoms with E-state index >= 15 is 0 Å². The minimum absolute atomic E-state index is 0.106. The second-order valence-electron chi connectivity index (χ2n) is 8.35. The van der Waals surface area contributed by atoms with Crippen LogP contribution in [0.25, 0.3) is 0 Å². The molecule has 1 amide bonds. The second kappa shape index (κ2) is 9.81. The van der Waals surface area contributed by atoms with E-state index in [4.69, 9.17) is 9.47 Å². The van der Waals surface area contributed by atoms with Gasteiger partial charge in [0.25, 0.3) is 0 Å². The van der Waals surface area contributed by atoms with Gasteiger partial charge in [0.1, 0.15) is 13.2 Å². The molecule has 3 rings (SSSR count). The number of carbonyl (C=O) groups excluding carboxylic acids is 1. The molecule has 0 saturated heterocycles. The summed E-state index contributed by atoms with van der Waals surface area (Å²) in [4.78, 5) is 12.5. The number of fused-ring (bicyclic) bond motifs is 1. The zero-order chi connectivity index (χ0) is 23.5. The van der Waals surface area contributed by atoms with Gasteiger partial charge in [0.15, 0.2) is 11.5 Å². The Hall–Kier alpha value is -2.74. The van der Waals surface area contributed by atoms with E-state index in [-0.39, 0.29) is 24.9 Å². The lowest BCUT2D eigenvalue weighted by molar-refractivity contribution is -0.121. The number of hydrogen-bond donors (Lipinski definition) is 1. The molecule has 1 atom stereocenters. The average Bonchev–Trinajstić information content (AvgIpc) is 2.72. The summed E-state index contributed by atoms with van der Waals surface area (Å²) >= 11 is 0. The number of anilines is 1. The van der Waals surface area contributed by atoms with Crippen molar-refractivity contribution in [3.05, 3.63) is 52.6 Å². The molecule has 32 heavy (non-hydrogen) atoms. The lowest BCUT2D eigenvalue weighted by Crippen LogP contribution is -2.32. The van der Waals surface area contributed by atoms with Gasteiger partial charge in [-0.15, -0.1) is 0 Å². The lowest BCUT2D eigenvalue weighted by atomic mass is 9.96. The predicted molar refractivity (Wildman–Crippen MR) is 126 cm³/mol. The molecular weight excluding hydrogens is 428 g/mol. The molecule has 8 heteroatoms. The maximum atomic E-state index is 12.5. The summed E-state index contributed by atoms with van der Waals surface area (Å²) in [5, 5.41) is 3.03. The summed E-state index contributed by atoms with van der Waals surface area (Å²) in [6.45, 7) is 9.23. The molecule has 0 bridgehead atoms. The van der Waals surface area contributed by atoms with Crippen LogP contribution in [0.4, 0.5) is 5.69 Å². The molecule has 0 aromatic heterocycles. The molecule has 2 aromatic rings. The minimum atomic E-state index is -3.52. The Morgan fingerprint density at radius 3 is 2.38 bits per heavy atom. The van der Waals surface area contributed by atoms with E-state index < -0.39 is 10.0 Å². The molecule has 1 aliphatic rings. The van der Waals surface area contributed by atoms with Gasteiger partial charge in [0.05, 0.1) is 18.0 Å². The SMILES string of the molecule is Cc1cc(C)c(C(C)NC(=O)CCCN(c2ccc3c(c2)OCCO3)S(C)(=O)=O)cc1C. The molecule has 1 aliphatic heterocycles. The van der Waals surface area contributed by atoms with Gasteiger partial charge in [-0.2, -0.15) is 0 Å². The molecule has 174 valence electrons. The van der Waals surface area contributed by atoms with Gasteiger partial charge in [0, 0.05) is 19.0 Å². The Morgan fingerprint density at radius 1 is 1.03 bits per heavy atom. The number of sulfonamides is 1. The Labute approximate surface area is 190 Å². The number of rotatable bonds is 8. The third-order valence-electron chi connectivity index (χ3n) is 5.71. The molecule has 0 aliphatic carbocycles. The zero-order valence-corrected chi connectivity index (χ0v) is 20.2. The molecule has 0 radical (unpaired) electrons. The highest BCUT2D eigenvalue weighted by atomic mass is 32.2. The Kier molecular flexibility index (Phi) is 7.33. The summed E-state index contributed by atoms with van der Waals surface area (Å²) in [7, 11) is -3.52. The van der Waals surface area contributed by atoms with Crippen LogP contribution in [0.15, 0.2) is 30.3 Å². The van der Waals surface area contributed by atoms with E-state index in [1.807, 2.05) is 13.8 Å². The lowest BCUT2D eigenvalue weighted by Gasteiger charge is -2.25. The standard InChI is InChI=1S/C24H32N2O5S/c1-16-13-18(3)21(14-17(16)2)19(4)25-24(27)7-6-10-26(32(5,28)29)20-8-9-22-23(15-20)31-12-11-30-22/h8-9,13-15,19H,6-7,10-12H2,1-5H3,(H,25,27). The van der Waals surface area contributed by atoms with Gasteiger partial charge in [0.2, 0.25) is 15.9 Å². The molecule has 0 spiro atoms. The van der Waals surface area contributed by atoms with Crippen molar-refractivity contribution in [2.24, 2.45) is 0 Å². The minimum Gasteiger partial charge on any atom is -0.486 e. The Morgan fingerprint density at radius 2 is 1.69 bits per heavy atom. The topological polar surface area (TPSA) is 84.9 Å². The van der Waals surface area contributed by atoms with Crippen LogP contribution >= 0.6 is 0 Å². The maximum absolute atomic E-state index is 12.5. The molecule has 7 nitrogen and oxygen atoms in total. The number of aryl methyl sites for hydroxylation is 3. The van der Waals surface area contributed by atoms with E-state index in [0.29, 0.717) is 36.8 Å². The summed E-state index contributed by atoms with van der Waals surface area (Å²) in [6.07, 6.45) is 1.78. The van der Waals surface area contributed by atoms with Gasteiger partial charge < -0.3 is 14.8 Å². The van der Waals surface area contributed by atoms with Crippen LogP contribution in [0.5, 0.6) is 11.5 Å². The third-order valence-corrected chi connectivity index (χ3v) is 6.90. The number of amides is 1. The first-order chi connectivity index (χ1) is 15.1. The molecule has 1 heterocycles. The van der Waals surface area contributed by atoms with Crippen LogP contribution in [-0.2, 0) is 14.8 Å². The van der Waals surface area contributed by atoms with Crippen molar-refractivity contribution >= 4 is 21.6 Å². The fraction of sp³-hybridized carbons (Fsp3) is 0.458. The van der Waals surface area contributed by atoms with Crippen molar-refractivity contribution < 1.29 is 22.7 Å². The monoisotopic (exact) mass is 460 g/mol. The summed E-state index contributed by atoms with van der Waals surface area (Å²) in [5.74, 6) is 1.02. The second-order valence-corrected chi connectivity index (χ2v) is 10.3. The van der Waals surface area contributed by atoms with E-state index in [0.717, 1.165) is 17.4 Å². The number of ether oxygens (including phenoxy) is 2. The number of nitrogens with one attached hydrogen (secondary N) is 1. The first-order valence-corrected chi connectivity index (χ1v) is 12.7. The van der Waals surface area contributed by atoms with Crippen molar-refractivity contribution in [3.8, 4) is 11.5 Å². The Balaban J connectivity index is 1.61. The highest BCUT2D eigenvalue weighted by Gasteiger charge is 2.21.